The SMILES string of the molecule is [CH2]CCCCn1nnnc1CCC(C)C. The van der Waals surface area contributed by atoms with Gasteiger partial charge in [-0.25, -0.2) is 4.68 Å². The highest BCUT2D eigenvalue weighted by Gasteiger charge is 2.06. The summed E-state index contributed by atoms with van der Waals surface area (Å²) in [4.78, 5) is 0. The molecular formula is C11H21N4. The topological polar surface area (TPSA) is 43.6 Å². The van der Waals surface area contributed by atoms with Crippen LogP contribution in [0, 0.1) is 12.8 Å². The lowest BCUT2D eigenvalue weighted by molar-refractivity contribution is 0.503. The van der Waals surface area contributed by atoms with E-state index in [9.17, 15) is 0 Å². The first kappa shape index (κ1) is 12.1. The van der Waals surface area contributed by atoms with Crippen LogP contribution in [0.15, 0.2) is 0 Å². The van der Waals surface area contributed by atoms with Crippen molar-refractivity contribution in [3.63, 3.8) is 0 Å². The van der Waals surface area contributed by atoms with E-state index >= 15 is 0 Å². The molecule has 4 nitrogen and oxygen atoms in total. The molecule has 0 atom stereocenters. The average molecular weight is 209 g/mol. The van der Waals surface area contributed by atoms with E-state index in [2.05, 4.69) is 36.3 Å². The Bertz CT molecular complexity index is 267. The molecule has 1 radical (unpaired) electrons. The first-order valence-corrected chi connectivity index (χ1v) is 5.78. The Morgan fingerprint density at radius 1 is 1.33 bits per heavy atom. The monoisotopic (exact) mass is 209 g/mol. The van der Waals surface area contributed by atoms with Gasteiger partial charge < -0.3 is 0 Å². The number of hydrogen-bond donors (Lipinski definition) is 0. The summed E-state index contributed by atoms with van der Waals surface area (Å²) < 4.78 is 1.93. The van der Waals surface area contributed by atoms with Crippen molar-refractivity contribution in [3.8, 4) is 0 Å². The van der Waals surface area contributed by atoms with Crippen LogP contribution in [-0.2, 0) is 13.0 Å². The van der Waals surface area contributed by atoms with Crippen LogP contribution in [0.3, 0.4) is 0 Å². The molecule has 0 aliphatic carbocycles. The molecule has 0 N–H and O–H groups in total. The van der Waals surface area contributed by atoms with Crippen LogP contribution in [0.2, 0.25) is 0 Å². The Hall–Kier alpha value is -0.930. The minimum atomic E-state index is 0.704. The molecule has 15 heavy (non-hydrogen) atoms. The molecule has 1 heterocycles. The molecule has 0 bridgehead atoms. The van der Waals surface area contributed by atoms with Crippen molar-refractivity contribution >= 4 is 0 Å². The molecule has 1 rings (SSSR count). The smallest absolute Gasteiger partial charge is 0.151 e. The van der Waals surface area contributed by atoms with E-state index < -0.39 is 0 Å². The molecule has 0 spiro atoms. The van der Waals surface area contributed by atoms with Crippen LogP contribution in [0.4, 0.5) is 0 Å². The summed E-state index contributed by atoms with van der Waals surface area (Å²) >= 11 is 0. The lowest BCUT2D eigenvalue weighted by atomic mass is 10.1. The van der Waals surface area contributed by atoms with Crippen molar-refractivity contribution in [2.45, 2.75) is 52.5 Å². The van der Waals surface area contributed by atoms with Gasteiger partial charge in [-0.3, -0.25) is 0 Å². The van der Waals surface area contributed by atoms with Crippen molar-refractivity contribution in [2.24, 2.45) is 5.92 Å². The predicted molar refractivity (Wildman–Crippen MR) is 60.2 cm³/mol. The van der Waals surface area contributed by atoms with E-state index in [1.165, 1.54) is 0 Å². The molecule has 0 saturated carbocycles. The quantitative estimate of drug-likeness (QED) is 0.647. The van der Waals surface area contributed by atoms with Crippen LogP contribution in [0.5, 0.6) is 0 Å². The van der Waals surface area contributed by atoms with Gasteiger partial charge >= 0.3 is 0 Å². The second kappa shape index (κ2) is 6.53. The van der Waals surface area contributed by atoms with Gasteiger partial charge in [0.2, 0.25) is 0 Å². The maximum Gasteiger partial charge on any atom is 0.151 e. The third kappa shape index (κ3) is 4.40. The molecule has 0 aromatic carbocycles. The highest BCUT2D eigenvalue weighted by atomic mass is 15.5. The lowest BCUT2D eigenvalue weighted by Crippen LogP contribution is -2.07. The number of nitrogens with zero attached hydrogens (tertiary/aromatic N) is 4. The normalized spacial score (nSPS) is 11.2. The summed E-state index contributed by atoms with van der Waals surface area (Å²) in [6, 6.07) is 0. The molecule has 0 unspecified atom stereocenters. The maximum absolute atomic E-state index is 4.05. The first-order valence-electron chi connectivity index (χ1n) is 5.78. The molecular weight excluding hydrogens is 188 g/mol. The molecule has 0 amide bonds. The van der Waals surface area contributed by atoms with Crippen molar-refractivity contribution < 1.29 is 0 Å². The van der Waals surface area contributed by atoms with E-state index in [0.29, 0.717) is 5.92 Å². The molecule has 1 aromatic heterocycles. The Balaban J connectivity index is 2.39. The van der Waals surface area contributed by atoms with Crippen LogP contribution < -0.4 is 0 Å². The van der Waals surface area contributed by atoms with Crippen molar-refractivity contribution in [2.75, 3.05) is 0 Å². The van der Waals surface area contributed by atoms with Gasteiger partial charge in [0, 0.05) is 13.0 Å². The third-order valence-electron chi connectivity index (χ3n) is 2.42. The molecule has 0 fully saturated rings. The van der Waals surface area contributed by atoms with Crippen LogP contribution in [-0.4, -0.2) is 20.2 Å². The molecule has 4 heteroatoms. The number of tetrazole rings is 1. The van der Waals surface area contributed by atoms with Gasteiger partial charge in [0.25, 0.3) is 0 Å². The standard InChI is InChI=1S/C11H21N4/c1-4-5-6-9-15-11(12-13-14-15)8-7-10(2)3/h10H,1,4-9H2,2-3H3. The third-order valence-corrected chi connectivity index (χ3v) is 2.42. The second-order valence-electron chi connectivity index (χ2n) is 4.31. The Kier molecular flexibility index (Phi) is 5.29. The molecule has 0 saturated heterocycles. The molecule has 0 aliphatic heterocycles. The first-order chi connectivity index (χ1) is 7.24. The molecule has 0 aliphatic rings. The van der Waals surface area contributed by atoms with E-state index in [0.717, 1.165) is 44.5 Å². The van der Waals surface area contributed by atoms with E-state index in [1.54, 1.807) is 0 Å². The zero-order valence-corrected chi connectivity index (χ0v) is 9.82. The number of aryl methyl sites for hydroxylation is 2. The fourth-order valence-electron chi connectivity index (χ4n) is 1.43. The largest absolute Gasteiger partial charge is 0.230 e. The molecule has 1 aromatic rings. The van der Waals surface area contributed by atoms with Crippen LogP contribution >= 0.6 is 0 Å². The fraction of sp³-hybridized carbons (Fsp3) is 0.818. The number of aromatic nitrogens is 4. The van der Waals surface area contributed by atoms with Crippen LogP contribution in [0.1, 0.15) is 45.4 Å². The highest BCUT2D eigenvalue weighted by molar-refractivity contribution is 4.81. The number of hydrogen-bond acceptors (Lipinski definition) is 3. The minimum absolute atomic E-state index is 0.704. The van der Waals surface area contributed by atoms with Crippen molar-refractivity contribution in [1.29, 1.82) is 0 Å². The number of unbranched alkanes of at least 4 members (excludes halogenated alkanes) is 2. The van der Waals surface area contributed by atoms with E-state index in [-0.39, 0.29) is 0 Å². The van der Waals surface area contributed by atoms with Gasteiger partial charge in [-0.2, -0.15) is 0 Å². The van der Waals surface area contributed by atoms with Crippen LogP contribution in [0.25, 0.3) is 0 Å². The maximum atomic E-state index is 4.05. The van der Waals surface area contributed by atoms with Gasteiger partial charge in [0.15, 0.2) is 5.82 Å². The number of rotatable bonds is 7. The predicted octanol–water partition coefficient (Wildman–Crippen LogP) is 2.27. The summed E-state index contributed by atoms with van der Waals surface area (Å²) in [5.41, 5.74) is 0. The van der Waals surface area contributed by atoms with E-state index in [4.69, 9.17) is 0 Å². The van der Waals surface area contributed by atoms with Gasteiger partial charge in [0.1, 0.15) is 0 Å². The Morgan fingerprint density at radius 3 is 2.80 bits per heavy atom. The van der Waals surface area contributed by atoms with Gasteiger partial charge in [-0.05, 0) is 29.2 Å². The molecule has 85 valence electrons. The zero-order chi connectivity index (χ0) is 11.1. The lowest BCUT2D eigenvalue weighted by Gasteiger charge is -2.05. The second-order valence-corrected chi connectivity index (χ2v) is 4.31. The average Bonchev–Trinajstić information content (AvgIpc) is 2.63. The van der Waals surface area contributed by atoms with Gasteiger partial charge in [-0.1, -0.05) is 33.6 Å². The summed E-state index contributed by atoms with van der Waals surface area (Å²) in [6.07, 6.45) is 5.38. The van der Waals surface area contributed by atoms with Crippen molar-refractivity contribution in [3.05, 3.63) is 12.7 Å². The summed E-state index contributed by atoms with van der Waals surface area (Å²) in [7, 11) is 0. The fourth-order valence-corrected chi connectivity index (χ4v) is 1.43. The van der Waals surface area contributed by atoms with E-state index in [1.807, 2.05) is 4.68 Å². The summed E-state index contributed by atoms with van der Waals surface area (Å²) in [5, 5.41) is 11.8. The van der Waals surface area contributed by atoms with Gasteiger partial charge in [-0.15, -0.1) is 5.10 Å². The van der Waals surface area contributed by atoms with Crippen molar-refractivity contribution in [1.82, 2.24) is 20.2 Å². The van der Waals surface area contributed by atoms with Gasteiger partial charge in [0.05, 0.1) is 0 Å². The zero-order valence-electron chi connectivity index (χ0n) is 9.82. The minimum Gasteiger partial charge on any atom is -0.230 e. The Labute approximate surface area is 92.1 Å². The Morgan fingerprint density at radius 2 is 2.13 bits per heavy atom. The summed E-state index contributed by atoms with van der Waals surface area (Å²) in [5.74, 6) is 1.72. The highest BCUT2D eigenvalue weighted by Crippen LogP contribution is 2.06. The summed E-state index contributed by atoms with van der Waals surface area (Å²) in [6.45, 7) is 9.19.